The van der Waals surface area contributed by atoms with Gasteiger partial charge in [-0.2, -0.15) is 0 Å². The quantitative estimate of drug-likeness (QED) is 0.302. The van der Waals surface area contributed by atoms with Gasteiger partial charge in [-0.15, -0.1) is 0 Å². The lowest BCUT2D eigenvalue weighted by Crippen LogP contribution is -2.29. The second kappa shape index (κ2) is 9.59. The van der Waals surface area contributed by atoms with Crippen molar-refractivity contribution >= 4 is 46.3 Å². The normalized spacial score (nSPS) is 16.0. The summed E-state index contributed by atoms with van der Waals surface area (Å²) in [6.07, 6.45) is 4.58. The maximum Gasteiger partial charge on any atom is 0.305 e. The number of hydrogen-bond acceptors (Lipinski definition) is 5. The summed E-state index contributed by atoms with van der Waals surface area (Å²) in [6, 6.07) is 9.67. The maximum absolute atomic E-state index is 12.4. The fraction of sp³-hybridized carbons (Fsp3) is 0.389. The molecule has 0 N–H and O–H groups in total. The van der Waals surface area contributed by atoms with Gasteiger partial charge in [0.05, 0.1) is 11.5 Å². The van der Waals surface area contributed by atoms with Gasteiger partial charge in [-0.05, 0) is 24.5 Å². The molecule has 128 valence electrons. The van der Waals surface area contributed by atoms with Gasteiger partial charge >= 0.3 is 5.97 Å². The smallest absolute Gasteiger partial charge is 0.305 e. The highest BCUT2D eigenvalue weighted by Crippen LogP contribution is 2.32. The highest BCUT2D eigenvalue weighted by atomic mass is 32.2. The molecule has 1 aliphatic rings. The van der Waals surface area contributed by atoms with Crippen LogP contribution in [0, 0.1) is 0 Å². The predicted octanol–water partition coefficient (Wildman–Crippen LogP) is 4.01. The van der Waals surface area contributed by atoms with Gasteiger partial charge in [0.1, 0.15) is 4.32 Å². The predicted molar refractivity (Wildman–Crippen MR) is 101 cm³/mol. The van der Waals surface area contributed by atoms with Crippen LogP contribution in [0.1, 0.15) is 38.2 Å². The number of carbonyl (C=O) groups is 2. The molecule has 1 saturated heterocycles. The number of ether oxygens (including phenoxy) is 1. The summed E-state index contributed by atoms with van der Waals surface area (Å²) >= 11 is 6.59. The van der Waals surface area contributed by atoms with Crippen molar-refractivity contribution in [1.82, 2.24) is 4.90 Å². The first-order chi connectivity index (χ1) is 11.6. The van der Waals surface area contributed by atoms with E-state index < -0.39 is 0 Å². The minimum atomic E-state index is -0.214. The van der Waals surface area contributed by atoms with E-state index in [9.17, 15) is 9.59 Å². The Labute approximate surface area is 152 Å². The topological polar surface area (TPSA) is 46.6 Å². The number of hydrogen-bond donors (Lipinski definition) is 0. The molecule has 1 heterocycles. The molecule has 1 aliphatic heterocycles. The molecule has 1 aromatic rings. The Hall–Kier alpha value is -1.66. The van der Waals surface area contributed by atoms with Crippen molar-refractivity contribution in [3.63, 3.8) is 0 Å². The van der Waals surface area contributed by atoms with Crippen molar-refractivity contribution in [2.75, 3.05) is 13.2 Å². The Bertz CT molecular complexity index is 628. The highest BCUT2D eigenvalue weighted by Gasteiger charge is 2.31. The Morgan fingerprint density at radius 1 is 1.29 bits per heavy atom. The molecule has 1 fully saturated rings. The first-order valence-electron chi connectivity index (χ1n) is 8.08. The molecular weight excluding hydrogens is 342 g/mol. The van der Waals surface area contributed by atoms with Crippen molar-refractivity contribution in [2.45, 2.75) is 32.6 Å². The number of carbonyl (C=O) groups excluding carboxylic acids is 2. The minimum Gasteiger partial charge on any atom is -0.466 e. The first kappa shape index (κ1) is 18.7. The van der Waals surface area contributed by atoms with Crippen molar-refractivity contribution in [3.8, 4) is 0 Å². The molecular formula is C18H21NO3S2. The molecule has 1 amide bonds. The third kappa shape index (κ3) is 5.46. The SMILES string of the molecule is CCCCOC(=O)CCCN1C(=O)C(=Cc2ccccc2)SC1=S. The van der Waals surface area contributed by atoms with Gasteiger partial charge in [0.25, 0.3) is 5.91 Å². The van der Waals surface area contributed by atoms with Crippen molar-refractivity contribution in [3.05, 3.63) is 40.8 Å². The summed E-state index contributed by atoms with van der Waals surface area (Å²) < 4.78 is 5.65. The van der Waals surface area contributed by atoms with Gasteiger partial charge in [0, 0.05) is 13.0 Å². The summed E-state index contributed by atoms with van der Waals surface area (Å²) in [7, 11) is 0. The third-order valence-electron chi connectivity index (χ3n) is 3.49. The van der Waals surface area contributed by atoms with E-state index in [4.69, 9.17) is 17.0 Å². The van der Waals surface area contributed by atoms with Gasteiger partial charge in [0.15, 0.2) is 0 Å². The molecule has 0 aliphatic carbocycles. The van der Waals surface area contributed by atoms with Crippen LogP contribution in [0.4, 0.5) is 0 Å². The number of benzene rings is 1. The van der Waals surface area contributed by atoms with Gasteiger partial charge in [-0.3, -0.25) is 14.5 Å². The minimum absolute atomic E-state index is 0.0896. The van der Waals surface area contributed by atoms with E-state index in [1.807, 2.05) is 43.3 Å². The molecule has 2 rings (SSSR count). The molecule has 6 heteroatoms. The van der Waals surface area contributed by atoms with Crippen LogP contribution in [0.5, 0.6) is 0 Å². The highest BCUT2D eigenvalue weighted by molar-refractivity contribution is 8.26. The fourth-order valence-corrected chi connectivity index (χ4v) is 3.49. The lowest BCUT2D eigenvalue weighted by molar-refractivity contribution is -0.144. The summed E-state index contributed by atoms with van der Waals surface area (Å²) in [6.45, 7) is 2.96. The van der Waals surface area contributed by atoms with Crippen molar-refractivity contribution < 1.29 is 14.3 Å². The lowest BCUT2D eigenvalue weighted by Gasteiger charge is -2.13. The number of amides is 1. The third-order valence-corrected chi connectivity index (χ3v) is 4.87. The zero-order valence-electron chi connectivity index (χ0n) is 13.7. The maximum atomic E-state index is 12.4. The molecule has 0 unspecified atom stereocenters. The van der Waals surface area contributed by atoms with Gasteiger partial charge in [-0.1, -0.05) is 67.7 Å². The molecule has 0 bridgehead atoms. The Morgan fingerprint density at radius 2 is 2.04 bits per heavy atom. The average Bonchev–Trinajstić information content (AvgIpc) is 2.83. The van der Waals surface area contributed by atoms with Crippen LogP contribution < -0.4 is 0 Å². The summed E-state index contributed by atoms with van der Waals surface area (Å²) in [5.74, 6) is -0.304. The molecule has 0 radical (unpaired) electrons. The molecule has 1 aromatic carbocycles. The zero-order chi connectivity index (χ0) is 17.4. The Balaban J connectivity index is 1.84. The second-order valence-electron chi connectivity index (χ2n) is 5.42. The van der Waals surface area contributed by atoms with E-state index in [-0.39, 0.29) is 11.9 Å². The Morgan fingerprint density at radius 3 is 2.75 bits per heavy atom. The Kier molecular flexibility index (Phi) is 7.46. The standard InChI is InChI=1S/C18H21NO3S2/c1-2-3-12-22-16(20)10-7-11-19-17(21)15(24-18(19)23)13-14-8-5-4-6-9-14/h4-6,8-9,13H,2-3,7,10-12H2,1H3. The van der Waals surface area contributed by atoms with E-state index in [0.717, 1.165) is 18.4 Å². The monoisotopic (exact) mass is 363 g/mol. The molecule has 0 aromatic heterocycles. The average molecular weight is 364 g/mol. The van der Waals surface area contributed by atoms with Crippen LogP contribution >= 0.6 is 24.0 Å². The largest absolute Gasteiger partial charge is 0.466 e. The summed E-state index contributed by atoms with van der Waals surface area (Å²) in [5, 5.41) is 0. The lowest BCUT2D eigenvalue weighted by atomic mass is 10.2. The van der Waals surface area contributed by atoms with Gasteiger partial charge in [0.2, 0.25) is 0 Å². The van der Waals surface area contributed by atoms with Crippen molar-refractivity contribution in [1.29, 1.82) is 0 Å². The zero-order valence-corrected chi connectivity index (χ0v) is 15.3. The molecule has 0 saturated carbocycles. The van der Waals surface area contributed by atoms with E-state index in [2.05, 4.69) is 0 Å². The number of thioether (sulfide) groups is 1. The van der Waals surface area contributed by atoms with Crippen LogP contribution in [-0.2, 0) is 14.3 Å². The van der Waals surface area contributed by atoms with Crippen LogP contribution in [0.25, 0.3) is 6.08 Å². The summed E-state index contributed by atoms with van der Waals surface area (Å²) in [5.41, 5.74) is 0.970. The number of thiocarbonyl (C=S) groups is 1. The van der Waals surface area contributed by atoms with Crippen LogP contribution in [0.3, 0.4) is 0 Å². The fourth-order valence-electron chi connectivity index (χ4n) is 2.18. The number of nitrogens with zero attached hydrogens (tertiary/aromatic N) is 1. The number of esters is 1. The van der Waals surface area contributed by atoms with Gasteiger partial charge in [-0.25, -0.2) is 0 Å². The van der Waals surface area contributed by atoms with Crippen molar-refractivity contribution in [2.24, 2.45) is 0 Å². The molecule has 4 nitrogen and oxygen atoms in total. The second-order valence-corrected chi connectivity index (χ2v) is 7.10. The first-order valence-corrected chi connectivity index (χ1v) is 9.30. The summed E-state index contributed by atoms with van der Waals surface area (Å²) in [4.78, 5) is 26.2. The molecule has 24 heavy (non-hydrogen) atoms. The van der Waals surface area contributed by atoms with Crippen LogP contribution in [0.2, 0.25) is 0 Å². The number of unbranched alkanes of at least 4 members (excludes halogenated alkanes) is 1. The van der Waals surface area contributed by atoms with E-state index in [0.29, 0.717) is 35.2 Å². The van der Waals surface area contributed by atoms with Crippen LogP contribution in [-0.4, -0.2) is 34.2 Å². The molecule has 0 atom stereocenters. The van der Waals surface area contributed by atoms with E-state index in [1.165, 1.54) is 11.8 Å². The molecule has 0 spiro atoms. The van der Waals surface area contributed by atoms with Gasteiger partial charge < -0.3 is 4.74 Å². The van der Waals surface area contributed by atoms with E-state index >= 15 is 0 Å². The van der Waals surface area contributed by atoms with E-state index in [1.54, 1.807) is 4.90 Å². The number of rotatable bonds is 8. The van der Waals surface area contributed by atoms with Crippen LogP contribution in [0.15, 0.2) is 35.2 Å².